The van der Waals surface area contributed by atoms with Gasteiger partial charge < -0.3 is 10.4 Å². The number of carboxylic acids is 1. The third-order valence-corrected chi connectivity index (χ3v) is 5.87. The Morgan fingerprint density at radius 3 is 2.43 bits per heavy atom. The lowest BCUT2D eigenvalue weighted by Crippen LogP contribution is -2.34. The number of rotatable bonds is 6. The summed E-state index contributed by atoms with van der Waals surface area (Å²) in [6, 6.07) is 8.38. The fraction of sp³-hybridized carbons (Fsp3) is 0.409. The van der Waals surface area contributed by atoms with Gasteiger partial charge in [0.2, 0.25) is 5.91 Å². The highest BCUT2D eigenvalue weighted by molar-refractivity contribution is 7.16. The molecule has 1 aromatic heterocycles. The summed E-state index contributed by atoms with van der Waals surface area (Å²) in [6.45, 7) is 6.38. The van der Waals surface area contributed by atoms with Gasteiger partial charge >= 0.3 is 5.97 Å². The van der Waals surface area contributed by atoms with Crippen LogP contribution in [-0.4, -0.2) is 22.0 Å². The zero-order chi connectivity index (χ0) is 20.3. The Morgan fingerprint density at radius 1 is 1.18 bits per heavy atom. The van der Waals surface area contributed by atoms with Crippen LogP contribution in [0.4, 0.5) is 5.13 Å². The van der Waals surface area contributed by atoms with Gasteiger partial charge in [0, 0.05) is 10.4 Å². The van der Waals surface area contributed by atoms with Crippen LogP contribution in [0, 0.1) is 24.7 Å². The van der Waals surface area contributed by atoms with Gasteiger partial charge in [-0.2, -0.15) is 0 Å². The SMILES string of the molecule is Cc1sc(NC(=O)[C@@H]2CC=CC[C@H]2C(=O)O)nc1-c1ccc(CC(C)C)cc1. The number of nitrogens with zero attached hydrogens (tertiary/aromatic N) is 1. The molecule has 0 unspecified atom stereocenters. The van der Waals surface area contributed by atoms with Crippen molar-refractivity contribution in [2.24, 2.45) is 17.8 Å². The van der Waals surface area contributed by atoms with E-state index in [1.54, 1.807) is 0 Å². The van der Waals surface area contributed by atoms with E-state index in [2.05, 4.69) is 48.4 Å². The second-order valence-electron chi connectivity index (χ2n) is 7.70. The Hall–Kier alpha value is -2.47. The summed E-state index contributed by atoms with van der Waals surface area (Å²) < 4.78 is 0. The number of allylic oxidation sites excluding steroid dienone is 2. The number of carboxylic acid groups (broad SMARTS) is 1. The summed E-state index contributed by atoms with van der Waals surface area (Å²) in [7, 11) is 0. The maximum absolute atomic E-state index is 12.6. The topological polar surface area (TPSA) is 79.3 Å². The lowest BCUT2D eigenvalue weighted by Gasteiger charge is -2.23. The number of benzene rings is 1. The Bertz CT molecular complexity index is 884. The molecule has 3 rings (SSSR count). The number of carbonyl (C=O) groups is 2. The smallest absolute Gasteiger partial charge is 0.307 e. The fourth-order valence-corrected chi connectivity index (χ4v) is 4.40. The first kappa shape index (κ1) is 20.3. The second-order valence-corrected chi connectivity index (χ2v) is 8.91. The predicted octanol–water partition coefficient (Wildman–Crippen LogP) is 4.92. The van der Waals surface area contributed by atoms with Crippen LogP contribution in [0.25, 0.3) is 11.3 Å². The van der Waals surface area contributed by atoms with E-state index in [1.807, 2.05) is 19.1 Å². The minimum Gasteiger partial charge on any atom is -0.481 e. The molecule has 1 aliphatic rings. The van der Waals surface area contributed by atoms with Gasteiger partial charge in [-0.1, -0.05) is 50.3 Å². The van der Waals surface area contributed by atoms with Crippen molar-refractivity contribution in [2.75, 3.05) is 5.32 Å². The van der Waals surface area contributed by atoms with Crippen LogP contribution in [0.5, 0.6) is 0 Å². The van der Waals surface area contributed by atoms with E-state index in [-0.39, 0.29) is 5.91 Å². The van der Waals surface area contributed by atoms with Gasteiger partial charge in [0.1, 0.15) is 0 Å². The van der Waals surface area contributed by atoms with Gasteiger partial charge in [-0.05, 0) is 37.7 Å². The van der Waals surface area contributed by atoms with E-state index in [1.165, 1.54) is 16.9 Å². The van der Waals surface area contributed by atoms with Crippen molar-refractivity contribution >= 4 is 28.3 Å². The molecule has 0 bridgehead atoms. The van der Waals surface area contributed by atoms with Gasteiger partial charge in [0.15, 0.2) is 5.13 Å². The van der Waals surface area contributed by atoms with Crippen LogP contribution in [0.15, 0.2) is 36.4 Å². The quantitative estimate of drug-likeness (QED) is 0.677. The van der Waals surface area contributed by atoms with E-state index in [0.717, 1.165) is 22.6 Å². The zero-order valence-electron chi connectivity index (χ0n) is 16.4. The average molecular weight is 399 g/mol. The Labute approximate surface area is 169 Å². The molecule has 0 aliphatic heterocycles. The van der Waals surface area contributed by atoms with Gasteiger partial charge in [-0.25, -0.2) is 4.98 Å². The molecule has 0 saturated carbocycles. The van der Waals surface area contributed by atoms with Crippen molar-refractivity contribution in [3.63, 3.8) is 0 Å². The summed E-state index contributed by atoms with van der Waals surface area (Å²) in [5.74, 6) is -1.84. The molecule has 6 heteroatoms. The second kappa shape index (κ2) is 8.69. The first-order valence-corrected chi connectivity index (χ1v) is 10.4. The monoisotopic (exact) mass is 398 g/mol. The van der Waals surface area contributed by atoms with Gasteiger partial charge in [-0.15, -0.1) is 11.3 Å². The van der Waals surface area contributed by atoms with E-state index in [0.29, 0.717) is 23.9 Å². The maximum Gasteiger partial charge on any atom is 0.307 e. The van der Waals surface area contributed by atoms with Gasteiger partial charge in [0.05, 0.1) is 17.5 Å². The molecule has 1 aliphatic carbocycles. The molecular weight excluding hydrogens is 372 g/mol. The summed E-state index contributed by atoms with van der Waals surface area (Å²) >= 11 is 1.42. The number of amides is 1. The molecule has 2 aromatic rings. The number of thiazole rings is 1. The van der Waals surface area contributed by atoms with Crippen molar-refractivity contribution in [1.29, 1.82) is 0 Å². The first-order valence-electron chi connectivity index (χ1n) is 9.60. The highest BCUT2D eigenvalue weighted by Gasteiger charge is 2.34. The van der Waals surface area contributed by atoms with Crippen molar-refractivity contribution < 1.29 is 14.7 Å². The molecule has 0 saturated heterocycles. The van der Waals surface area contributed by atoms with E-state index < -0.39 is 17.8 Å². The Kier molecular flexibility index (Phi) is 6.29. The normalized spacial score (nSPS) is 19.0. The summed E-state index contributed by atoms with van der Waals surface area (Å²) in [6.07, 6.45) is 5.58. The summed E-state index contributed by atoms with van der Waals surface area (Å²) in [4.78, 5) is 29.7. The maximum atomic E-state index is 12.6. The van der Waals surface area contributed by atoms with E-state index in [9.17, 15) is 14.7 Å². The van der Waals surface area contributed by atoms with Crippen molar-refractivity contribution in [3.8, 4) is 11.3 Å². The lowest BCUT2D eigenvalue weighted by molar-refractivity contribution is -0.146. The third kappa shape index (κ3) is 4.68. The number of hydrogen-bond acceptors (Lipinski definition) is 4. The molecule has 0 radical (unpaired) electrons. The highest BCUT2D eigenvalue weighted by Crippen LogP contribution is 2.32. The molecule has 1 amide bonds. The van der Waals surface area contributed by atoms with Crippen LogP contribution in [0.3, 0.4) is 0 Å². The predicted molar refractivity (Wildman–Crippen MR) is 112 cm³/mol. The van der Waals surface area contributed by atoms with E-state index >= 15 is 0 Å². The van der Waals surface area contributed by atoms with Crippen LogP contribution < -0.4 is 5.32 Å². The minimum absolute atomic E-state index is 0.274. The minimum atomic E-state index is -0.929. The third-order valence-electron chi connectivity index (χ3n) is 4.98. The number of hydrogen-bond donors (Lipinski definition) is 2. The molecule has 1 aromatic carbocycles. The van der Waals surface area contributed by atoms with Gasteiger partial charge in [0.25, 0.3) is 0 Å². The van der Waals surface area contributed by atoms with E-state index in [4.69, 9.17) is 0 Å². The number of carbonyl (C=O) groups excluding carboxylic acids is 1. The standard InChI is InChI=1S/C22H26N2O3S/c1-13(2)12-15-8-10-16(11-9-15)19-14(3)28-22(23-19)24-20(25)17-6-4-5-7-18(17)21(26)27/h4-5,8-11,13,17-18H,6-7,12H2,1-3H3,(H,26,27)(H,23,24,25)/t17-,18-/m1/s1. The first-order chi connectivity index (χ1) is 13.3. The number of aliphatic carboxylic acids is 1. The number of anilines is 1. The van der Waals surface area contributed by atoms with Crippen LogP contribution >= 0.6 is 11.3 Å². The van der Waals surface area contributed by atoms with Crippen molar-refractivity contribution in [1.82, 2.24) is 4.98 Å². The number of nitrogens with one attached hydrogen (secondary N) is 1. The molecular formula is C22H26N2O3S. The summed E-state index contributed by atoms with van der Waals surface area (Å²) in [5, 5.41) is 12.7. The number of aryl methyl sites for hydroxylation is 1. The molecule has 28 heavy (non-hydrogen) atoms. The van der Waals surface area contributed by atoms with Crippen molar-refractivity contribution in [3.05, 3.63) is 46.9 Å². The molecule has 2 N–H and O–H groups in total. The summed E-state index contributed by atoms with van der Waals surface area (Å²) in [5.41, 5.74) is 3.17. The highest BCUT2D eigenvalue weighted by atomic mass is 32.1. The Balaban J connectivity index is 1.74. The molecule has 0 spiro atoms. The molecule has 148 valence electrons. The molecule has 1 heterocycles. The lowest BCUT2D eigenvalue weighted by atomic mass is 9.82. The van der Waals surface area contributed by atoms with Crippen LogP contribution in [0.2, 0.25) is 0 Å². The molecule has 0 fully saturated rings. The number of aromatic nitrogens is 1. The Morgan fingerprint density at radius 2 is 1.82 bits per heavy atom. The zero-order valence-corrected chi connectivity index (χ0v) is 17.3. The van der Waals surface area contributed by atoms with Crippen LogP contribution in [0.1, 0.15) is 37.1 Å². The fourth-order valence-electron chi connectivity index (χ4n) is 3.56. The largest absolute Gasteiger partial charge is 0.481 e. The molecule has 5 nitrogen and oxygen atoms in total. The van der Waals surface area contributed by atoms with Crippen LogP contribution in [-0.2, 0) is 16.0 Å². The molecule has 2 atom stereocenters. The van der Waals surface area contributed by atoms with Crippen molar-refractivity contribution in [2.45, 2.75) is 40.0 Å². The average Bonchev–Trinajstić information content (AvgIpc) is 3.02. The van der Waals surface area contributed by atoms with Gasteiger partial charge in [-0.3, -0.25) is 9.59 Å².